The fraction of sp³-hybridized carbons (Fsp3) is 1.00. The fourth-order valence-corrected chi connectivity index (χ4v) is 3.26. The largest absolute Gasteiger partial charge is 0.393 e. The molecule has 0 aromatic rings. The summed E-state index contributed by atoms with van der Waals surface area (Å²) in [6, 6.07) is 0.804. The van der Waals surface area contributed by atoms with Crippen LogP contribution in [0.5, 0.6) is 0 Å². The molecule has 1 heterocycles. The summed E-state index contributed by atoms with van der Waals surface area (Å²) in [4.78, 5) is 4.99. The summed E-state index contributed by atoms with van der Waals surface area (Å²) in [6.07, 6.45) is 7.52. The third kappa shape index (κ3) is 3.94. The van der Waals surface area contributed by atoms with Gasteiger partial charge < -0.3 is 14.9 Å². The summed E-state index contributed by atoms with van der Waals surface area (Å²) in [5.74, 6) is 0.749. The summed E-state index contributed by atoms with van der Waals surface area (Å²) in [5.41, 5.74) is 0. The van der Waals surface area contributed by atoms with E-state index in [2.05, 4.69) is 23.9 Å². The van der Waals surface area contributed by atoms with E-state index in [0.29, 0.717) is 0 Å². The smallest absolute Gasteiger partial charge is 0.0546 e. The van der Waals surface area contributed by atoms with Crippen LogP contribution in [0.2, 0.25) is 0 Å². The maximum atomic E-state index is 9.27. The second kappa shape index (κ2) is 6.17. The Labute approximate surface area is 106 Å². The van der Waals surface area contributed by atoms with E-state index in [1.165, 1.54) is 45.3 Å². The molecule has 0 spiro atoms. The van der Waals surface area contributed by atoms with Crippen LogP contribution in [0.3, 0.4) is 0 Å². The van der Waals surface area contributed by atoms with Gasteiger partial charge >= 0.3 is 0 Å². The van der Waals surface area contributed by atoms with Crippen LogP contribution in [0.1, 0.15) is 38.5 Å². The lowest BCUT2D eigenvalue weighted by molar-refractivity contribution is 0.0269. The zero-order valence-corrected chi connectivity index (χ0v) is 11.4. The highest BCUT2D eigenvalue weighted by Gasteiger charge is 2.28. The van der Waals surface area contributed by atoms with Gasteiger partial charge in [0.15, 0.2) is 0 Å². The standard InChI is InChI=1S/C14H28N2O/c1-15(11-12-9-14(17)10-12)8-6-13-5-3-4-7-16(13)2/h12-14,17H,3-11H2,1-2H3. The molecule has 1 saturated heterocycles. The number of aliphatic hydroxyl groups is 1. The fourth-order valence-electron chi connectivity index (χ4n) is 3.26. The first kappa shape index (κ1) is 13.3. The lowest BCUT2D eigenvalue weighted by atomic mass is 9.82. The van der Waals surface area contributed by atoms with Gasteiger partial charge in [-0.05, 0) is 65.2 Å². The van der Waals surface area contributed by atoms with Gasteiger partial charge in [-0.2, -0.15) is 0 Å². The summed E-state index contributed by atoms with van der Waals surface area (Å²) in [6.45, 7) is 3.66. The molecule has 1 unspecified atom stereocenters. The Morgan fingerprint density at radius 2 is 2.06 bits per heavy atom. The monoisotopic (exact) mass is 240 g/mol. The van der Waals surface area contributed by atoms with Gasteiger partial charge in [0.1, 0.15) is 0 Å². The molecule has 2 rings (SSSR count). The van der Waals surface area contributed by atoms with Gasteiger partial charge in [-0.15, -0.1) is 0 Å². The molecule has 0 amide bonds. The molecule has 0 aromatic carbocycles. The minimum atomic E-state index is -0.00196. The van der Waals surface area contributed by atoms with E-state index < -0.39 is 0 Å². The van der Waals surface area contributed by atoms with Crippen molar-refractivity contribution in [2.24, 2.45) is 5.92 Å². The first-order valence-electron chi connectivity index (χ1n) is 7.22. The van der Waals surface area contributed by atoms with Crippen LogP contribution in [0.25, 0.3) is 0 Å². The molecule has 0 radical (unpaired) electrons. The highest BCUT2D eigenvalue weighted by Crippen LogP contribution is 2.27. The summed E-state index contributed by atoms with van der Waals surface area (Å²) in [5, 5.41) is 9.27. The molecule has 0 bridgehead atoms. The van der Waals surface area contributed by atoms with Crippen molar-refractivity contribution < 1.29 is 5.11 Å². The van der Waals surface area contributed by atoms with Crippen LogP contribution in [-0.2, 0) is 0 Å². The van der Waals surface area contributed by atoms with E-state index >= 15 is 0 Å². The minimum absolute atomic E-state index is 0.00196. The van der Waals surface area contributed by atoms with Crippen molar-refractivity contribution in [2.45, 2.75) is 50.7 Å². The summed E-state index contributed by atoms with van der Waals surface area (Å²) >= 11 is 0. The van der Waals surface area contributed by atoms with Crippen molar-refractivity contribution in [1.29, 1.82) is 0 Å². The maximum absolute atomic E-state index is 9.27. The first-order chi connectivity index (χ1) is 8.15. The average Bonchev–Trinajstić information content (AvgIpc) is 2.26. The van der Waals surface area contributed by atoms with Gasteiger partial charge in [0.25, 0.3) is 0 Å². The van der Waals surface area contributed by atoms with Gasteiger partial charge in [-0.25, -0.2) is 0 Å². The molecule has 1 aliphatic heterocycles. The van der Waals surface area contributed by atoms with Crippen molar-refractivity contribution in [3.05, 3.63) is 0 Å². The van der Waals surface area contributed by atoms with E-state index in [9.17, 15) is 5.11 Å². The molecular weight excluding hydrogens is 212 g/mol. The van der Waals surface area contributed by atoms with Gasteiger partial charge in [0, 0.05) is 12.6 Å². The third-order valence-electron chi connectivity index (χ3n) is 4.55. The van der Waals surface area contributed by atoms with Crippen LogP contribution in [0.15, 0.2) is 0 Å². The van der Waals surface area contributed by atoms with Crippen molar-refractivity contribution >= 4 is 0 Å². The number of hydrogen-bond acceptors (Lipinski definition) is 3. The summed E-state index contributed by atoms with van der Waals surface area (Å²) in [7, 11) is 4.50. The van der Waals surface area contributed by atoms with E-state index in [0.717, 1.165) is 24.8 Å². The average molecular weight is 240 g/mol. The predicted molar refractivity (Wildman–Crippen MR) is 71.1 cm³/mol. The highest BCUT2D eigenvalue weighted by molar-refractivity contribution is 4.81. The lowest BCUT2D eigenvalue weighted by Crippen LogP contribution is -2.41. The molecule has 2 aliphatic rings. The second-order valence-corrected chi connectivity index (χ2v) is 6.17. The minimum Gasteiger partial charge on any atom is -0.393 e. The molecule has 100 valence electrons. The number of likely N-dealkylation sites (tertiary alicyclic amines) is 1. The van der Waals surface area contributed by atoms with E-state index in [1.807, 2.05) is 0 Å². The lowest BCUT2D eigenvalue weighted by Gasteiger charge is -2.36. The molecule has 1 aliphatic carbocycles. The highest BCUT2D eigenvalue weighted by atomic mass is 16.3. The third-order valence-corrected chi connectivity index (χ3v) is 4.55. The molecule has 1 saturated carbocycles. The molecule has 0 aromatic heterocycles. The second-order valence-electron chi connectivity index (χ2n) is 6.17. The predicted octanol–water partition coefficient (Wildman–Crippen LogP) is 1.56. The van der Waals surface area contributed by atoms with Gasteiger partial charge in [0.2, 0.25) is 0 Å². The van der Waals surface area contributed by atoms with Gasteiger partial charge in [0.05, 0.1) is 6.10 Å². The van der Waals surface area contributed by atoms with Crippen molar-refractivity contribution in [3.63, 3.8) is 0 Å². The van der Waals surface area contributed by atoms with Crippen LogP contribution in [-0.4, -0.2) is 60.8 Å². The normalized spacial score (nSPS) is 34.9. The van der Waals surface area contributed by atoms with E-state index in [1.54, 1.807) is 0 Å². The maximum Gasteiger partial charge on any atom is 0.0546 e. The zero-order chi connectivity index (χ0) is 12.3. The Hall–Kier alpha value is -0.120. The zero-order valence-electron chi connectivity index (χ0n) is 11.4. The number of aliphatic hydroxyl groups excluding tert-OH is 1. The van der Waals surface area contributed by atoms with Gasteiger partial charge in [-0.3, -0.25) is 0 Å². The number of hydrogen-bond donors (Lipinski definition) is 1. The van der Waals surface area contributed by atoms with Crippen molar-refractivity contribution in [1.82, 2.24) is 9.80 Å². The SMILES string of the molecule is CN(CCC1CCCCN1C)CC1CC(O)C1. The van der Waals surface area contributed by atoms with E-state index in [4.69, 9.17) is 0 Å². The summed E-state index contributed by atoms with van der Waals surface area (Å²) < 4.78 is 0. The molecule has 3 nitrogen and oxygen atoms in total. The molecular formula is C14H28N2O. The van der Waals surface area contributed by atoms with Gasteiger partial charge in [-0.1, -0.05) is 6.42 Å². The molecule has 3 heteroatoms. The van der Waals surface area contributed by atoms with Crippen LogP contribution >= 0.6 is 0 Å². The van der Waals surface area contributed by atoms with Crippen LogP contribution in [0, 0.1) is 5.92 Å². The Morgan fingerprint density at radius 3 is 2.71 bits per heavy atom. The molecule has 1 atom stereocenters. The number of piperidine rings is 1. The van der Waals surface area contributed by atoms with Crippen molar-refractivity contribution in [2.75, 3.05) is 33.7 Å². The molecule has 2 fully saturated rings. The van der Waals surface area contributed by atoms with Crippen LogP contribution < -0.4 is 0 Å². The number of rotatable bonds is 5. The Bertz CT molecular complexity index is 228. The van der Waals surface area contributed by atoms with Crippen molar-refractivity contribution in [3.8, 4) is 0 Å². The topological polar surface area (TPSA) is 26.7 Å². The Kier molecular flexibility index (Phi) is 4.83. The Balaban J connectivity index is 1.60. The van der Waals surface area contributed by atoms with E-state index in [-0.39, 0.29) is 6.10 Å². The van der Waals surface area contributed by atoms with Crippen LogP contribution in [0.4, 0.5) is 0 Å². The molecule has 17 heavy (non-hydrogen) atoms. The quantitative estimate of drug-likeness (QED) is 0.790. The molecule has 1 N–H and O–H groups in total. The number of nitrogens with zero attached hydrogens (tertiary/aromatic N) is 2. The first-order valence-corrected chi connectivity index (χ1v) is 7.22. The Morgan fingerprint density at radius 1 is 1.29 bits per heavy atom.